The number of hydrogen-bond donors (Lipinski definition) is 2. The second kappa shape index (κ2) is 4.77. The Bertz CT molecular complexity index is 811. The maximum Gasteiger partial charge on any atom is 0.326 e. The second-order valence-corrected chi connectivity index (χ2v) is 6.49. The van der Waals surface area contributed by atoms with Crippen molar-refractivity contribution in [3.63, 3.8) is 0 Å². The zero-order valence-corrected chi connectivity index (χ0v) is 12.1. The average molecular weight is 326 g/mol. The number of halogens is 1. The number of hydrogen-bond acceptors (Lipinski definition) is 6. The molecule has 1 unspecified atom stereocenters. The van der Waals surface area contributed by atoms with E-state index in [4.69, 9.17) is 0 Å². The number of amides is 1. The molecule has 8 nitrogen and oxygen atoms in total. The van der Waals surface area contributed by atoms with E-state index in [2.05, 4.69) is 10.2 Å². The molecule has 1 saturated heterocycles. The zero-order valence-electron chi connectivity index (χ0n) is 11.3. The van der Waals surface area contributed by atoms with E-state index < -0.39 is 39.9 Å². The number of nitrogens with one attached hydrogen (secondary N) is 1. The Balaban J connectivity index is 2.07. The van der Waals surface area contributed by atoms with Crippen LogP contribution >= 0.6 is 0 Å². The largest absolute Gasteiger partial charge is 0.506 e. The van der Waals surface area contributed by atoms with Crippen LogP contribution < -0.4 is 9.03 Å². The molecule has 0 spiro atoms. The fourth-order valence-electron chi connectivity index (χ4n) is 2.37. The first-order valence-corrected chi connectivity index (χ1v) is 7.67. The number of anilines is 1. The van der Waals surface area contributed by atoms with Gasteiger partial charge in [0.25, 0.3) is 5.91 Å². The molecule has 2 aliphatic heterocycles. The molecule has 2 N–H and O–H groups in total. The van der Waals surface area contributed by atoms with Gasteiger partial charge in [0.05, 0.1) is 11.6 Å². The van der Waals surface area contributed by atoms with Crippen LogP contribution in [0.3, 0.4) is 0 Å². The number of rotatable bonds is 2. The summed E-state index contributed by atoms with van der Waals surface area (Å²) in [5, 5.41) is 17.5. The van der Waals surface area contributed by atoms with Gasteiger partial charge in [0.1, 0.15) is 18.0 Å². The third-order valence-electron chi connectivity index (χ3n) is 3.38. The average Bonchev–Trinajstić information content (AvgIpc) is 2.92. The Kier molecular flexibility index (Phi) is 3.13. The van der Waals surface area contributed by atoms with Crippen LogP contribution in [0, 0.1) is 5.82 Å². The molecule has 0 radical (unpaired) electrons. The van der Waals surface area contributed by atoms with Gasteiger partial charge in [-0.05, 0) is 24.6 Å². The van der Waals surface area contributed by atoms with E-state index in [1.54, 1.807) is 11.6 Å². The van der Waals surface area contributed by atoms with Crippen molar-refractivity contribution >= 4 is 33.7 Å². The Morgan fingerprint density at radius 3 is 2.68 bits per heavy atom. The quantitative estimate of drug-likeness (QED) is 0.811. The summed E-state index contributed by atoms with van der Waals surface area (Å²) < 4.78 is 40.0. The number of nitrogens with zero attached hydrogens (tertiary/aromatic N) is 3. The normalized spacial score (nSPS) is 22.8. The standard InChI is InChI=1S/C12H11FN4O4S/c1-6-8(4-14-15-6)7-2-9(13)12(10(18)3-7)17-5-11(19)16-22(17,20)21/h2-4,8,18H,5H2,1H3,(H,16,19). The van der Waals surface area contributed by atoms with Crippen LogP contribution in [0.15, 0.2) is 22.3 Å². The molecular formula is C12H11FN4O4S. The van der Waals surface area contributed by atoms with E-state index in [0.29, 0.717) is 15.6 Å². The van der Waals surface area contributed by atoms with Crippen LogP contribution in [0.4, 0.5) is 10.1 Å². The first-order chi connectivity index (χ1) is 10.3. The van der Waals surface area contributed by atoms with Gasteiger partial charge < -0.3 is 5.11 Å². The predicted octanol–water partition coefficient (Wildman–Crippen LogP) is 0.256. The maximum atomic E-state index is 14.3. The summed E-state index contributed by atoms with van der Waals surface area (Å²) in [5.74, 6) is -2.72. The van der Waals surface area contributed by atoms with Crippen molar-refractivity contribution in [2.24, 2.45) is 10.2 Å². The van der Waals surface area contributed by atoms with E-state index in [1.807, 2.05) is 0 Å². The lowest BCUT2D eigenvalue weighted by molar-refractivity contribution is -0.117. The molecule has 0 bridgehead atoms. The highest BCUT2D eigenvalue weighted by molar-refractivity contribution is 7.92. The maximum absolute atomic E-state index is 14.3. The molecule has 10 heteroatoms. The lowest BCUT2D eigenvalue weighted by Gasteiger charge is -2.18. The van der Waals surface area contributed by atoms with Crippen LogP contribution in [0.25, 0.3) is 0 Å². The monoisotopic (exact) mass is 326 g/mol. The van der Waals surface area contributed by atoms with Gasteiger partial charge in [0, 0.05) is 6.21 Å². The molecule has 1 aromatic rings. The molecule has 1 aromatic carbocycles. The molecule has 116 valence electrons. The van der Waals surface area contributed by atoms with Crippen molar-refractivity contribution in [3.8, 4) is 5.75 Å². The molecule has 1 amide bonds. The molecule has 0 saturated carbocycles. The number of phenols is 1. The van der Waals surface area contributed by atoms with E-state index in [-0.39, 0.29) is 5.92 Å². The summed E-state index contributed by atoms with van der Waals surface area (Å²) in [5.41, 5.74) is 0.445. The number of benzene rings is 1. The summed E-state index contributed by atoms with van der Waals surface area (Å²) in [6.45, 7) is 1.12. The highest BCUT2D eigenvalue weighted by Gasteiger charge is 2.37. The van der Waals surface area contributed by atoms with E-state index in [9.17, 15) is 22.7 Å². The third-order valence-corrected chi connectivity index (χ3v) is 4.75. The first-order valence-electron chi connectivity index (χ1n) is 6.23. The smallest absolute Gasteiger partial charge is 0.326 e. The molecule has 22 heavy (non-hydrogen) atoms. The van der Waals surface area contributed by atoms with Gasteiger partial charge in [0.15, 0.2) is 5.82 Å². The van der Waals surface area contributed by atoms with Gasteiger partial charge in [-0.25, -0.2) is 13.4 Å². The van der Waals surface area contributed by atoms with Gasteiger partial charge >= 0.3 is 10.2 Å². The van der Waals surface area contributed by atoms with Crippen molar-refractivity contribution in [2.45, 2.75) is 12.8 Å². The van der Waals surface area contributed by atoms with Crippen LogP contribution in [-0.2, 0) is 15.0 Å². The third kappa shape index (κ3) is 2.21. The highest BCUT2D eigenvalue weighted by atomic mass is 32.2. The van der Waals surface area contributed by atoms with Crippen molar-refractivity contribution in [1.29, 1.82) is 0 Å². The predicted molar refractivity (Wildman–Crippen MR) is 76.8 cm³/mol. The summed E-state index contributed by atoms with van der Waals surface area (Å²) in [6.07, 6.45) is 1.49. The summed E-state index contributed by atoms with van der Waals surface area (Å²) in [6, 6.07) is 2.33. The Labute approximate surface area is 125 Å². The molecule has 0 aromatic heterocycles. The lowest BCUT2D eigenvalue weighted by Crippen LogP contribution is -2.30. The number of aromatic hydroxyl groups is 1. The topological polar surface area (TPSA) is 111 Å². The number of carbonyl (C=O) groups excluding carboxylic acids is 1. The van der Waals surface area contributed by atoms with Gasteiger partial charge in [0.2, 0.25) is 0 Å². The summed E-state index contributed by atoms with van der Waals surface area (Å²) >= 11 is 0. The zero-order chi connectivity index (χ0) is 16.1. The first kappa shape index (κ1) is 14.4. The molecule has 1 atom stereocenters. The highest BCUT2D eigenvalue weighted by Crippen LogP contribution is 2.36. The fourth-order valence-corrected chi connectivity index (χ4v) is 3.54. The number of phenolic OH excluding ortho intramolecular Hbond substituents is 1. The summed E-state index contributed by atoms with van der Waals surface area (Å²) in [4.78, 5) is 11.2. The molecule has 3 rings (SSSR count). The molecule has 0 aliphatic carbocycles. The van der Waals surface area contributed by atoms with Crippen molar-refractivity contribution in [3.05, 3.63) is 23.5 Å². The van der Waals surface area contributed by atoms with Crippen LogP contribution in [-0.4, -0.2) is 37.9 Å². The Morgan fingerprint density at radius 2 is 2.18 bits per heavy atom. The Morgan fingerprint density at radius 1 is 1.45 bits per heavy atom. The van der Waals surface area contributed by atoms with Crippen molar-refractivity contribution in [2.75, 3.05) is 10.8 Å². The van der Waals surface area contributed by atoms with E-state index >= 15 is 0 Å². The van der Waals surface area contributed by atoms with Gasteiger partial charge in [-0.2, -0.15) is 18.6 Å². The SMILES string of the molecule is CC1=NN=CC1c1cc(O)c(N2CC(=O)NS2(=O)=O)c(F)c1. The van der Waals surface area contributed by atoms with Crippen LogP contribution in [0.1, 0.15) is 18.4 Å². The van der Waals surface area contributed by atoms with Crippen LogP contribution in [0.5, 0.6) is 5.75 Å². The minimum absolute atomic E-state index is 0.385. The van der Waals surface area contributed by atoms with Gasteiger partial charge in [-0.1, -0.05) is 0 Å². The minimum Gasteiger partial charge on any atom is -0.506 e. The Hall–Kier alpha value is -2.49. The van der Waals surface area contributed by atoms with Crippen LogP contribution in [0.2, 0.25) is 0 Å². The van der Waals surface area contributed by atoms with E-state index in [1.165, 1.54) is 12.3 Å². The van der Waals surface area contributed by atoms with Crippen molar-refractivity contribution in [1.82, 2.24) is 4.72 Å². The second-order valence-electron chi connectivity index (χ2n) is 4.89. The van der Waals surface area contributed by atoms with E-state index in [0.717, 1.165) is 6.07 Å². The molecule has 1 fully saturated rings. The lowest BCUT2D eigenvalue weighted by atomic mass is 9.96. The molecular weight excluding hydrogens is 315 g/mol. The number of carbonyl (C=O) groups is 1. The summed E-state index contributed by atoms with van der Waals surface area (Å²) in [7, 11) is -4.19. The fraction of sp³-hybridized carbons (Fsp3) is 0.250. The van der Waals surface area contributed by atoms with Crippen molar-refractivity contribution < 1.29 is 22.7 Å². The minimum atomic E-state index is -4.19. The molecule has 2 aliphatic rings. The molecule has 2 heterocycles. The van der Waals surface area contributed by atoms with Gasteiger partial charge in [-0.3, -0.25) is 4.79 Å². The van der Waals surface area contributed by atoms with Gasteiger partial charge in [-0.15, -0.1) is 0 Å².